The molecule has 0 aliphatic heterocycles. The summed E-state index contributed by atoms with van der Waals surface area (Å²) >= 11 is 0. The fourth-order valence-electron chi connectivity index (χ4n) is 3.13. The number of nitrogens with one attached hydrogen (secondary N) is 3. The Morgan fingerprint density at radius 3 is 2.15 bits per heavy atom. The Balaban J connectivity index is 1.70. The van der Waals surface area contributed by atoms with Gasteiger partial charge in [0.2, 0.25) is 10.0 Å². The number of rotatable bonds is 8. The van der Waals surface area contributed by atoms with E-state index in [9.17, 15) is 21.6 Å². The zero-order valence-electron chi connectivity index (χ0n) is 18.4. The van der Waals surface area contributed by atoms with Crippen molar-refractivity contribution >= 4 is 37.3 Å². The van der Waals surface area contributed by atoms with Crippen LogP contribution in [0.1, 0.15) is 34.5 Å². The number of benzene rings is 3. The van der Waals surface area contributed by atoms with Gasteiger partial charge in [0.25, 0.3) is 15.9 Å². The normalized spacial score (nSPS) is 12.6. The van der Waals surface area contributed by atoms with Gasteiger partial charge in [0.05, 0.1) is 22.9 Å². The summed E-state index contributed by atoms with van der Waals surface area (Å²) in [5.74, 6) is -0.389. The minimum atomic E-state index is -3.80. The molecule has 0 spiro atoms. The van der Waals surface area contributed by atoms with Crippen LogP contribution in [0.3, 0.4) is 0 Å². The molecule has 0 saturated carbocycles. The lowest BCUT2D eigenvalue weighted by Crippen LogP contribution is -2.26. The van der Waals surface area contributed by atoms with Crippen molar-refractivity contribution in [2.24, 2.45) is 0 Å². The Morgan fingerprint density at radius 1 is 0.848 bits per heavy atom. The number of para-hydroxylation sites is 1. The van der Waals surface area contributed by atoms with E-state index < -0.39 is 26.1 Å². The van der Waals surface area contributed by atoms with Crippen LogP contribution in [0.5, 0.6) is 0 Å². The molecule has 0 fully saturated rings. The van der Waals surface area contributed by atoms with Gasteiger partial charge in [0.15, 0.2) is 0 Å². The average Bonchev–Trinajstić information content (AvgIpc) is 2.74. The van der Waals surface area contributed by atoms with Crippen LogP contribution in [0.2, 0.25) is 0 Å². The van der Waals surface area contributed by atoms with Crippen molar-refractivity contribution in [2.45, 2.75) is 24.8 Å². The first-order valence-corrected chi connectivity index (χ1v) is 13.4. The van der Waals surface area contributed by atoms with Crippen molar-refractivity contribution in [3.05, 3.63) is 89.5 Å². The van der Waals surface area contributed by atoms with Crippen molar-refractivity contribution in [1.82, 2.24) is 5.32 Å². The predicted molar refractivity (Wildman–Crippen MR) is 129 cm³/mol. The van der Waals surface area contributed by atoms with Gasteiger partial charge in [0.1, 0.15) is 0 Å². The van der Waals surface area contributed by atoms with E-state index in [2.05, 4.69) is 14.8 Å². The molecule has 0 aliphatic carbocycles. The minimum absolute atomic E-state index is 0.0369. The van der Waals surface area contributed by atoms with Gasteiger partial charge in [-0.15, -0.1) is 0 Å². The number of anilines is 2. The number of carbonyl (C=O) groups excluding carboxylic acids is 1. The first-order chi connectivity index (χ1) is 15.4. The molecule has 33 heavy (non-hydrogen) atoms. The Hall–Kier alpha value is -3.37. The molecule has 0 aromatic heterocycles. The molecule has 3 aromatic carbocycles. The fraction of sp³-hybridized carbons (Fsp3) is 0.174. The molecule has 1 atom stereocenters. The summed E-state index contributed by atoms with van der Waals surface area (Å²) in [4.78, 5) is 12.7. The molecule has 0 radical (unpaired) electrons. The van der Waals surface area contributed by atoms with Gasteiger partial charge in [-0.3, -0.25) is 14.2 Å². The van der Waals surface area contributed by atoms with E-state index in [-0.39, 0.29) is 10.8 Å². The fourth-order valence-corrected chi connectivity index (χ4v) is 4.81. The summed E-state index contributed by atoms with van der Waals surface area (Å²) in [6.07, 6.45) is 1.06. The summed E-state index contributed by atoms with van der Waals surface area (Å²) < 4.78 is 53.2. The quantitative estimate of drug-likeness (QED) is 0.448. The Morgan fingerprint density at radius 2 is 1.52 bits per heavy atom. The van der Waals surface area contributed by atoms with E-state index in [1.807, 2.05) is 6.07 Å². The largest absolute Gasteiger partial charge is 0.346 e. The Kier molecular flexibility index (Phi) is 7.09. The van der Waals surface area contributed by atoms with Crippen LogP contribution in [0.4, 0.5) is 11.4 Å². The molecule has 174 valence electrons. The molecule has 3 N–H and O–H groups in total. The summed E-state index contributed by atoms with van der Waals surface area (Å²) in [5, 5.41) is 2.83. The summed E-state index contributed by atoms with van der Waals surface area (Å²) in [6.45, 7) is 3.57. The Labute approximate surface area is 194 Å². The van der Waals surface area contributed by atoms with Crippen LogP contribution in [-0.4, -0.2) is 29.0 Å². The lowest BCUT2D eigenvalue weighted by atomic mass is 10.1. The van der Waals surface area contributed by atoms with Crippen molar-refractivity contribution < 1.29 is 21.6 Å². The van der Waals surface area contributed by atoms with Crippen LogP contribution in [0.25, 0.3) is 0 Å². The second-order valence-corrected chi connectivity index (χ2v) is 11.1. The van der Waals surface area contributed by atoms with Crippen molar-refractivity contribution in [2.75, 3.05) is 15.7 Å². The SMILES string of the molecule is Cc1ccccc1NS(=O)(=O)c1ccc(C(=O)N[C@H](C)c2cccc(NS(C)(=O)=O)c2)cc1. The number of carbonyl (C=O) groups is 1. The third-order valence-corrected chi connectivity index (χ3v) is 6.84. The third-order valence-electron chi connectivity index (χ3n) is 4.85. The van der Waals surface area contributed by atoms with Gasteiger partial charge in [0, 0.05) is 11.3 Å². The summed E-state index contributed by atoms with van der Waals surface area (Å²) in [5.41, 5.74) is 2.68. The highest BCUT2D eigenvalue weighted by Crippen LogP contribution is 2.21. The lowest BCUT2D eigenvalue weighted by Gasteiger charge is -2.16. The molecular weight excluding hydrogens is 462 g/mol. The molecule has 0 heterocycles. The minimum Gasteiger partial charge on any atom is -0.346 e. The van der Waals surface area contributed by atoms with E-state index >= 15 is 0 Å². The predicted octanol–water partition coefficient (Wildman–Crippen LogP) is 3.66. The number of aryl methyl sites for hydroxylation is 1. The van der Waals surface area contributed by atoms with Crippen molar-refractivity contribution in [3.63, 3.8) is 0 Å². The number of amides is 1. The molecule has 3 rings (SSSR count). The third kappa shape index (κ3) is 6.56. The van der Waals surface area contributed by atoms with Crippen LogP contribution in [0.15, 0.2) is 77.7 Å². The zero-order chi connectivity index (χ0) is 24.2. The monoisotopic (exact) mass is 487 g/mol. The first kappa shape index (κ1) is 24.3. The molecule has 3 aromatic rings. The van der Waals surface area contributed by atoms with Gasteiger partial charge < -0.3 is 5.32 Å². The lowest BCUT2D eigenvalue weighted by molar-refractivity contribution is 0.0939. The molecule has 0 bridgehead atoms. The molecule has 0 unspecified atom stereocenters. The Bertz CT molecular complexity index is 1370. The molecule has 8 nitrogen and oxygen atoms in total. The zero-order valence-corrected chi connectivity index (χ0v) is 20.0. The summed E-state index contributed by atoms with van der Waals surface area (Å²) in [7, 11) is -7.22. The first-order valence-electron chi connectivity index (χ1n) is 10.0. The highest BCUT2D eigenvalue weighted by atomic mass is 32.2. The topological polar surface area (TPSA) is 121 Å². The van der Waals surface area contributed by atoms with Crippen molar-refractivity contribution in [3.8, 4) is 0 Å². The highest BCUT2D eigenvalue weighted by Gasteiger charge is 2.17. The number of hydrogen-bond donors (Lipinski definition) is 3. The second-order valence-electron chi connectivity index (χ2n) is 7.64. The van der Waals surface area contributed by atoms with Crippen molar-refractivity contribution in [1.29, 1.82) is 0 Å². The van der Waals surface area contributed by atoms with E-state index in [1.54, 1.807) is 56.3 Å². The maximum atomic E-state index is 12.7. The van der Waals surface area contributed by atoms with Gasteiger partial charge >= 0.3 is 0 Å². The van der Waals surface area contributed by atoms with Gasteiger partial charge in [-0.1, -0.05) is 30.3 Å². The van der Waals surface area contributed by atoms with E-state index in [0.29, 0.717) is 22.5 Å². The van der Waals surface area contributed by atoms with E-state index in [1.165, 1.54) is 24.3 Å². The average molecular weight is 488 g/mol. The van der Waals surface area contributed by atoms with Gasteiger partial charge in [-0.2, -0.15) is 0 Å². The van der Waals surface area contributed by atoms with Gasteiger partial charge in [-0.05, 0) is 67.4 Å². The number of sulfonamides is 2. The van der Waals surface area contributed by atoms with Crippen LogP contribution >= 0.6 is 0 Å². The van der Waals surface area contributed by atoms with E-state index in [4.69, 9.17) is 0 Å². The molecular formula is C23H25N3O5S2. The van der Waals surface area contributed by atoms with E-state index in [0.717, 1.165) is 11.8 Å². The molecule has 10 heteroatoms. The second kappa shape index (κ2) is 9.63. The number of hydrogen-bond acceptors (Lipinski definition) is 5. The molecule has 0 saturated heterocycles. The van der Waals surface area contributed by atoms with Crippen LogP contribution in [-0.2, 0) is 20.0 Å². The van der Waals surface area contributed by atoms with Gasteiger partial charge in [-0.25, -0.2) is 16.8 Å². The molecule has 1 amide bonds. The smallest absolute Gasteiger partial charge is 0.261 e. The van der Waals surface area contributed by atoms with Crippen LogP contribution in [0, 0.1) is 6.92 Å². The highest BCUT2D eigenvalue weighted by molar-refractivity contribution is 7.92. The maximum Gasteiger partial charge on any atom is 0.261 e. The molecule has 0 aliphatic rings. The maximum absolute atomic E-state index is 12.7. The van der Waals surface area contributed by atoms with Crippen LogP contribution < -0.4 is 14.8 Å². The standard InChI is InChI=1S/C23H25N3O5S2/c1-16-7-4-5-10-22(16)26-33(30,31)21-13-11-18(12-14-21)23(27)24-17(2)19-8-6-9-20(15-19)25-32(3,28)29/h4-15,17,25-26H,1-3H3,(H,24,27)/t17-/m1/s1. The summed E-state index contributed by atoms with van der Waals surface area (Å²) in [6, 6.07) is 19.0.